The molecule has 5 nitrogen and oxygen atoms in total. The number of nitrogens with zero attached hydrogens (tertiary/aromatic N) is 2. The Morgan fingerprint density at radius 1 is 1.53 bits per heavy atom. The first-order valence-electron chi connectivity index (χ1n) is 5.89. The van der Waals surface area contributed by atoms with Crippen LogP contribution >= 0.6 is 0 Å². The maximum absolute atomic E-state index is 13.2. The Bertz CT molecular complexity index is 624. The monoisotopic (exact) mass is 283 g/mol. The molecule has 0 aliphatic carbocycles. The second kappa shape index (κ2) is 5.25. The molecule has 1 aromatic carbocycles. The molecule has 1 aliphatic rings. The molecule has 2 N–H and O–H groups in total. The summed E-state index contributed by atoms with van der Waals surface area (Å²) in [6, 6.07) is 4.89. The van der Waals surface area contributed by atoms with Crippen molar-refractivity contribution in [3.05, 3.63) is 29.6 Å². The minimum Gasteiger partial charge on any atom is -0.330 e. The van der Waals surface area contributed by atoms with E-state index in [9.17, 15) is 12.8 Å². The van der Waals surface area contributed by atoms with Crippen LogP contribution in [-0.2, 0) is 10.0 Å². The van der Waals surface area contributed by atoms with Gasteiger partial charge in [0.25, 0.3) is 0 Å². The minimum absolute atomic E-state index is 0.0527. The molecular weight excluding hydrogens is 269 g/mol. The summed E-state index contributed by atoms with van der Waals surface area (Å²) < 4.78 is 39.2. The van der Waals surface area contributed by atoms with E-state index in [0.717, 1.165) is 18.6 Å². The minimum atomic E-state index is -3.67. The van der Waals surface area contributed by atoms with Gasteiger partial charge >= 0.3 is 0 Å². The molecule has 1 saturated heterocycles. The number of rotatable bonds is 3. The Hall–Kier alpha value is -1.49. The normalized spacial score (nSPS) is 20.4. The molecule has 0 unspecified atom stereocenters. The molecule has 2 rings (SSSR count). The molecule has 0 saturated carbocycles. The summed E-state index contributed by atoms with van der Waals surface area (Å²) in [4.78, 5) is -0.0527. The van der Waals surface area contributed by atoms with Gasteiger partial charge in [-0.2, -0.15) is 9.57 Å². The van der Waals surface area contributed by atoms with Crippen molar-refractivity contribution in [2.75, 3.05) is 19.6 Å². The van der Waals surface area contributed by atoms with Crippen LogP contribution in [0, 0.1) is 23.1 Å². The van der Waals surface area contributed by atoms with Crippen LogP contribution < -0.4 is 5.73 Å². The van der Waals surface area contributed by atoms with Gasteiger partial charge in [0.05, 0.1) is 10.5 Å². The summed E-state index contributed by atoms with van der Waals surface area (Å²) in [5.41, 5.74) is 5.26. The van der Waals surface area contributed by atoms with E-state index in [0.29, 0.717) is 19.6 Å². The van der Waals surface area contributed by atoms with Crippen LogP contribution in [0.25, 0.3) is 0 Å². The van der Waals surface area contributed by atoms with E-state index < -0.39 is 15.8 Å². The van der Waals surface area contributed by atoms with Crippen LogP contribution in [0.2, 0.25) is 0 Å². The second-order valence-electron chi connectivity index (χ2n) is 4.51. The number of nitriles is 1. The second-order valence-corrected chi connectivity index (χ2v) is 6.44. The molecular formula is C12H14FN3O2S. The summed E-state index contributed by atoms with van der Waals surface area (Å²) in [6.45, 7) is 1.22. The molecule has 7 heteroatoms. The number of hydrogen-bond donors (Lipinski definition) is 1. The van der Waals surface area contributed by atoms with Crippen LogP contribution in [-0.4, -0.2) is 32.4 Å². The van der Waals surface area contributed by atoms with Crippen molar-refractivity contribution >= 4 is 10.0 Å². The van der Waals surface area contributed by atoms with Crippen molar-refractivity contribution in [1.29, 1.82) is 5.26 Å². The highest BCUT2D eigenvalue weighted by atomic mass is 32.2. The van der Waals surface area contributed by atoms with Gasteiger partial charge in [-0.25, -0.2) is 12.8 Å². The zero-order valence-electron chi connectivity index (χ0n) is 10.2. The van der Waals surface area contributed by atoms with Crippen molar-refractivity contribution in [3.63, 3.8) is 0 Å². The van der Waals surface area contributed by atoms with Crippen LogP contribution in [0.4, 0.5) is 4.39 Å². The lowest BCUT2D eigenvalue weighted by Crippen LogP contribution is -2.30. The molecule has 0 aromatic heterocycles. The standard InChI is InChI=1S/C12H14FN3O2S/c13-12-2-1-11(5-10(12)7-15)19(17,18)16-4-3-9(6-14)8-16/h1-2,5,9H,3-4,6,8,14H2/t9-/m1/s1. The Kier molecular flexibility index (Phi) is 3.85. The van der Waals surface area contributed by atoms with Gasteiger partial charge in [0.2, 0.25) is 10.0 Å². The fraction of sp³-hybridized carbons (Fsp3) is 0.417. The van der Waals surface area contributed by atoms with Gasteiger partial charge in [0, 0.05) is 13.1 Å². The van der Waals surface area contributed by atoms with Crippen LogP contribution in [0.3, 0.4) is 0 Å². The summed E-state index contributed by atoms with van der Waals surface area (Å²) in [5, 5.41) is 8.74. The first kappa shape index (κ1) is 13.9. The lowest BCUT2D eigenvalue weighted by Gasteiger charge is -2.16. The lowest BCUT2D eigenvalue weighted by molar-refractivity contribution is 0.459. The quantitative estimate of drug-likeness (QED) is 0.883. The fourth-order valence-corrected chi connectivity index (χ4v) is 3.67. The van der Waals surface area contributed by atoms with Crippen molar-refractivity contribution in [2.45, 2.75) is 11.3 Å². The van der Waals surface area contributed by atoms with Gasteiger partial charge in [-0.1, -0.05) is 0 Å². The summed E-state index contributed by atoms with van der Waals surface area (Å²) in [5.74, 6) is -0.562. The molecule has 0 amide bonds. The third-order valence-corrected chi connectivity index (χ3v) is 5.14. The molecule has 0 bridgehead atoms. The third kappa shape index (κ3) is 2.61. The topological polar surface area (TPSA) is 87.2 Å². The number of nitrogens with two attached hydrogens (primary N) is 1. The summed E-state index contributed by atoms with van der Waals surface area (Å²) >= 11 is 0. The lowest BCUT2D eigenvalue weighted by atomic mass is 10.1. The number of hydrogen-bond acceptors (Lipinski definition) is 4. The Morgan fingerprint density at radius 3 is 2.84 bits per heavy atom. The van der Waals surface area contributed by atoms with Crippen LogP contribution in [0.15, 0.2) is 23.1 Å². The highest BCUT2D eigenvalue weighted by Crippen LogP contribution is 2.24. The SMILES string of the molecule is N#Cc1cc(S(=O)(=O)N2CC[C@H](CN)C2)ccc1F. The largest absolute Gasteiger partial charge is 0.330 e. The molecule has 1 aliphatic heterocycles. The van der Waals surface area contributed by atoms with E-state index in [-0.39, 0.29) is 16.4 Å². The Morgan fingerprint density at radius 2 is 2.26 bits per heavy atom. The van der Waals surface area contributed by atoms with E-state index in [2.05, 4.69) is 0 Å². The third-order valence-electron chi connectivity index (χ3n) is 3.28. The van der Waals surface area contributed by atoms with Crippen molar-refractivity contribution < 1.29 is 12.8 Å². The highest BCUT2D eigenvalue weighted by Gasteiger charge is 2.32. The van der Waals surface area contributed by atoms with Gasteiger partial charge in [0.1, 0.15) is 11.9 Å². The molecule has 19 heavy (non-hydrogen) atoms. The predicted molar refractivity (Wildman–Crippen MR) is 67.0 cm³/mol. The summed E-state index contributed by atoms with van der Waals surface area (Å²) in [7, 11) is -3.67. The molecule has 1 atom stereocenters. The van der Waals surface area contributed by atoms with Crippen LogP contribution in [0.5, 0.6) is 0 Å². The zero-order chi connectivity index (χ0) is 14.0. The fourth-order valence-electron chi connectivity index (χ4n) is 2.11. The number of sulfonamides is 1. The van der Waals surface area contributed by atoms with E-state index in [1.165, 1.54) is 10.4 Å². The summed E-state index contributed by atoms with van der Waals surface area (Å²) in [6.07, 6.45) is 0.724. The number of benzene rings is 1. The van der Waals surface area contributed by atoms with E-state index in [4.69, 9.17) is 11.0 Å². The van der Waals surface area contributed by atoms with E-state index in [1.807, 2.05) is 0 Å². The molecule has 0 radical (unpaired) electrons. The maximum atomic E-state index is 13.2. The first-order chi connectivity index (χ1) is 8.98. The average Bonchev–Trinajstić information content (AvgIpc) is 2.88. The molecule has 102 valence electrons. The van der Waals surface area contributed by atoms with E-state index in [1.54, 1.807) is 6.07 Å². The van der Waals surface area contributed by atoms with Crippen molar-refractivity contribution in [1.82, 2.24) is 4.31 Å². The first-order valence-corrected chi connectivity index (χ1v) is 7.33. The van der Waals surface area contributed by atoms with Gasteiger partial charge in [-0.3, -0.25) is 0 Å². The van der Waals surface area contributed by atoms with Crippen molar-refractivity contribution in [2.24, 2.45) is 11.7 Å². The molecule has 1 heterocycles. The van der Waals surface area contributed by atoms with Gasteiger partial charge in [-0.05, 0) is 37.1 Å². The number of halogens is 1. The van der Waals surface area contributed by atoms with E-state index >= 15 is 0 Å². The molecule has 1 aromatic rings. The molecule has 0 spiro atoms. The zero-order valence-corrected chi connectivity index (χ0v) is 11.0. The Balaban J connectivity index is 2.33. The highest BCUT2D eigenvalue weighted by molar-refractivity contribution is 7.89. The van der Waals surface area contributed by atoms with Crippen LogP contribution in [0.1, 0.15) is 12.0 Å². The Labute approximate surface area is 111 Å². The predicted octanol–water partition coefficient (Wildman–Crippen LogP) is 0.667. The maximum Gasteiger partial charge on any atom is 0.243 e. The van der Waals surface area contributed by atoms with Gasteiger partial charge in [-0.15, -0.1) is 0 Å². The van der Waals surface area contributed by atoms with Gasteiger partial charge in [0.15, 0.2) is 0 Å². The average molecular weight is 283 g/mol. The smallest absolute Gasteiger partial charge is 0.243 e. The van der Waals surface area contributed by atoms with Crippen molar-refractivity contribution in [3.8, 4) is 6.07 Å². The van der Waals surface area contributed by atoms with Gasteiger partial charge < -0.3 is 5.73 Å². The molecule has 1 fully saturated rings.